The lowest BCUT2D eigenvalue weighted by Crippen LogP contribution is -2.28. The lowest BCUT2D eigenvalue weighted by atomic mass is 10.1. The summed E-state index contributed by atoms with van der Waals surface area (Å²) in [6, 6.07) is 5.93. The van der Waals surface area contributed by atoms with Crippen molar-refractivity contribution in [2.45, 2.75) is 38.3 Å². The Hall–Kier alpha value is -0.870. The summed E-state index contributed by atoms with van der Waals surface area (Å²) in [5.41, 5.74) is 1.48. The Labute approximate surface area is 116 Å². The van der Waals surface area contributed by atoms with Gasteiger partial charge in [-0.15, -0.1) is 0 Å². The van der Waals surface area contributed by atoms with E-state index in [9.17, 15) is 4.79 Å². The van der Waals surface area contributed by atoms with Gasteiger partial charge in [-0.1, -0.05) is 34.8 Å². The van der Waals surface area contributed by atoms with Gasteiger partial charge in [0.15, 0.2) is 0 Å². The molecule has 18 heavy (non-hydrogen) atoms. The SMILES string of the molecule is CN(Cc1ccc(C(=O)O)cc1Br)C1CCCC1. The lowest BCUT2D eigenvalue weighted by Gasteiger charge is -2.24. The van der Waals surface area contributed by atoms with E-state index in [1.54, 1.807) is 12.1 Å². The highest BCUT2D eigenvalue weighted by Gasteiger charge is 2.20. The minimum absolute atomic E-state index is 0.328. The largest absolute Gasteiger partial charge is 0.478 e. The predicted octanol–water partition coefficient (Wildman–Crippen LogP) is 3.52. The number of benzene rings is 1. The van der Waals surface area contributed by atoms with Crippen LogP contribution in [0.1, 0.15) is 41.6 Å². The summed E-state index contributed by atoms with van der Waals surface area (Å²) in [5, 5.41) is 8.92. The summed E-state index contributed by atoms with van der Waals surface area (Å²) in [6.07, 6.45) is 5.21. The first-order chi connectivity index (χ1) is 8.58. The van der Waals surface area contributed by atoms with Gasteiger partial charge >= 0.3 is 5.97 Å². The molecule has 0 amide bonds. The number of nitrogens with zero attached hydrogens (tertiary/aromatic N) is 1. The number of carboxylic acids is 1. The van der Waals surface area contributed by atoms with Crippen LogP contribution in [0.25, 0.3) is 0 Å². The van der Waals surface area contributed by atoms with E-state index in [1.807, 2.05) is 6.07 Å². The number of carboxylic acid groups (broad SMARTS) is 1. The molecule has 1 saturated carbocycles. The monoisotopic (exact) mass is 311 g/mol. The van der Waals surface area contributed by atoms with Gasteiger partial charge < -0.3 is 5.11 Å². The molecule has 0 aliphatic heterocycles. The smallest absolute Gasteiger partial charge is 0.335 e. The Bertz CT molecular complexity index is 441. The van der Waals surface area contributed by atoms with Gasteiger partial charge in [-0.3, -0.25) is 4.90 Å². The molecule has 1 fully saturated rings. The van der Waals surface area contributed by atoms with Crippen molar-refractivity contribution in [3.63, 3.8) is 0 Å². The maximum atomic E-state index is 10.9. The van der Waals surface area contributed by atoms with E-state index in [-0.39, 0.29) is 0 Å². The number of aromatic carboxylic acids is 1. The minimum atomic E-state index is -0.883. The third-order valence-corrected chi connectivity index (χ3v) is 4.41. The van der Waals surface area contributed by atoms with Gasteiger partial charge in [-0.2, -0.15) is 0 Å². The zero-order valence-electron chi connectivity index (χ0n) is 10.5. The third kappa shape index (κ3) is 3.12. The van der Waals surface area contributed by atoms with Gasteiger partial charge in [-0.25, -0.2) is 4.79 Å². The fourth-order valence-corrected chi connectivity index (χ4v) is 3.06. The second kappa shape index (κ2) is 5.85. The molecule has 1 aliphatic carbocycles. The number of rotatable bonds is 4. The van der Waals surface area contributed by atoms with Crippen molar-refractivity contribution in [3.05, 3.63) is 33.8 Å². The van der Waals surface area contributed by atoms with E-state index in [1.165, 1.54) is 25.7 Å². The predicted molar refractivity (Wildman–Crippen MR) is 74.8 cm³/mol. The second-order valence-corrected chi connectivity index (χ2v) is 5.82. The van der Waals surface area contributed by atoms with Gasteiger partial charge in [0.25, 0.3) is 0 Å². The van der Waals surface area contributed by atoms with Crippen molar-refractivity contribution >= 4 is 21.9 Å². The van der Waals surface area contributed by atoms with Crippen LogP contribution >= 0.6 is 15.9 Å². The maximum Gasteiger partial charge on any atom is 0.335 e. The molecule has 0 heterocycles. The van der Waals surface area contributed by atoms with Crippen molar-refractivity contribution in [1.29, 1.82) is 0 Å². The molecule has 0 atom stereocenters. The zero-order valence-corrected chi connectivity index (χ0v) is 12.1. The molecule has 2 rings (SSSR count). The highest BCUT2D eigenvalue weighted by molar-refractivity contribution is 9.10. The van der Waals surface area contributed by atoms with Crippen LogP contribution < -0.4 is 0 Å². The van der Waals surface area contributed by atoms with E-state index in [2.05, 4.69) is 27.9 Å². The standard InChI is InChI=1S/C14H18BrNO2/c1-16(12-4-2-3-5-12)9-11-7-6-10(14(17)18)8-13(11)15/h6-8,12H,2-5,9H2,1H3,(H,17,18). The molecule has 3 nitrogen and oxygen atoms in total. The topological polar surface area (TPSA) is 40.5 Å². The zero-order chi connectivity index (χ0) is 13.1. The first-order valence-electron chi connectivity index (χ1n) is 6.30. The highest BCUT2D eigenvalue weighted by atomic mass is 79.9. The highest BCUT2D eigenvalue weighted by Crippen LogP contribution is 2.26. The van der Waals surface area contributed by atoms with Crippen molar-refractivity contribution < 1.29 is 9.90 Å². The summed E-state index contributed by atoms with van der Waals surface area (Å²) in [7, 11) is 2.15. The molecule has 0 unspecified atom stereocenters. The number of hydrogen-bond donors (Lipinski definition) is 1. The molecule has 1 aliphatic rings. The van der Waals surface area contributed by atoms with Gasteiger partial charge in [0.05, 0.1) is 5.56 Å². The summed E-state index contributed by atoms with van der Waals surface area (Å²) in [6.45, 7) is 0.866. The molecule has 1 aromatic carbocycles. The normalized spacial score (nSPS) is 16.4. The second-order valence-electron chi connectivity index (χ2n) is 4.96. The van der Waals surface area contributed by atoms with Crippen molar-refractivity contribution in [2.24, 2.45) is 0 Å². The van der Waals surface area contributed by atoms with Crippen LogP contribution in [0.4, 0.5) is 0 Å². The van der Waals surface area contributed by atoms with Crippen molar-refractivity contribution in [2.75, 3.05) is 7.05 Å². The van der Waals surface area contributed by atoms with Crippen LogP contribution in [0.15, 0.2) is 22.7 Å². The average Bonchev–Trinajstić information content (AvgIpc) is 2.85. The van der Waals surface area contributed by atoms with E-state index >= 15 is 0 Å². The first kappa shape index (κ1) is 13.6. The Kier molecular flexibility index (Phi) is 4.40. The molecule has 0 spiro atoms. The molecule has 0 aromatic heterocycles. The molecule has 0 bridgehead atoms. The molecule has 1 aromatic rings. The van der Waals surface area contributed by atoms with Crippen LogP contribution in [-0.2, 0) is 6.54 Å². The fourth-order valence-electron chi connectivity index (χ4n) is 2.55. The molecule has 98 valence electrons. The summed E-state index contributed by atoms with van der Waals surface area (Å²) in [5.74, 6) is -0.883. The van der Waals surface area contributed by atoms with Gasteiger partial charge in [0, 0.05) is 17.1 Å². The van der Waals surface area contributed by atoms with Crippen LogP contribution in [0.2, 0.25) is 0 Å². The first-order valence-corrected chi connectivity index (χ1v) is 7.09. The molecule has 0 saturated heterocycles. The maximum absolute atomic E-state index is 10.9. The fraction of sp³-hybridized carbons (Fsp3) is 0.500. The van der Waals surface area contributed by atoms with E-state index < -0.39 is 5.97 Å². The number of carbonyl (C=O) groups is 1. The molecular weight excluding hydrogens is 294 g/mol. The summed E-state index contributed by atoms with van der Waals surface area (Å²) < 4.78 is 0.882. The number of halogens is 1. The lowest BCUT2D eigenvalue weighted by molar-refractivity contribution is 0.0697. The van der Waals surface area contributed by atoms with E-state index in [4.69, 9.17) is 5.11 Å². The molecular formula is C14H18BrNO2. The molecule has 0 radical (unpaired) electrons. The Morgan fingerprint density at radius 1 is 1.44 bits per heavy atom. The van der Waals surface area contributed by atoms with Crippen molar-refractivity contribution in [3.8, 4) is 0 Å². The third-order valence-electron chi connectivity index (χ3n) is 3.67. The molecule has 1 N–H and O–H groups in total. The Balaban J connectivity index is 2.06. The van der Waals surface area contributed by atoms with Crippen LogP contribution in [-0.4, -0.2) is 29.1 Å². The van der Waals surface area contributed by atoms with E-state index in [0.29, 0.717) is 11.6 Å². The van der Waals surface area contributed by atoms with Gasteiger partial charge in [-0.05, 0) is 37.6 Å². The Morgan fingerprint density at radius 3 is 2.67 bits per heavy atom. The van der Waals surface area contributed by atoms with Crippen LogP contribution in [0.5, 0.6) is 0 Å². The molecule has 4 heteroatoms. The summed E-state index contributed by atoms with van der Waals surface area (Å²) >= 11 is 3.46. The van der Waals surface area contributed by atoms with Crippen molar-refractivity contribution in [1.82, 2.24) is 4.90 Å². The van der Waals surface area contributed by atoms with Gasteiger partial charge in [0.1, 0.15) is 0 Å². The van der Waals surface area contributed by atoms with Gasteiger partial charge in [0.2, 0.25) is 0 Å². The number of hydrogen-bond acceptors (Lipinski definition) is 2. The average molecular weight is 312 g/mol. The minimum Gasteiger partial charge on any atom is -0.478 e. The van der Waals surface area contributed by atoms with Crippen LogP contribution in [0, 0.1) is 0 Å². The quantitative estimate of drug-likeness (QED) is 0.925. The van der Waals surface area contributed by atoms with Crippen LogP contribution in [0.3, 0.4) is 0 Å². The van der Waals surface area contributed by atoms with E-state index in [0.717, 1.165) is 16.6 Å². The Morgan fingerprint density at radius 2 is 2.11 bits per heavy atom. The summed E-state index contributed by atoms with van der Waals surface area (Å²) in [4.78, 5) is 13.2.